The summed E-state index contributed by atoms with van der Waals surface area (Å²) in [6.45, 7) is 3.63. The van der Waals surface area contributed by atoms with E-state index in [2.05, 4.69) is 5.32 Å². The van der Waals surface area contributed by atoms with E-state index < -0.39 is 0 Å². The number of hydrogen-bond acceptors (Lipinski definition) is 3. The van der Waals surface area contributed by atoms with E-state index >= 15 is 0 Å². The molecule has 21 heavy (non-hydrogen) atoms. The van der Waals surface area contributed by atoms with Gasteiger partial charge in [0.1, 0.15) is 0 Å². The second-order valence-corrected chi connectivity index (χ2v) is 5.64. The van der Waals surface area contributed by atoms with Gasteiger partial charge in [0.15, 0.2) is 0 Å². The van der Waals surface area contributed by atoms with Gasteiger partial charge >= 0.3 is 0 Å². The molecule has 1 atom stereocenters. The summed E-state index contributed by atoms with van der Waals surface area (Å²) in [5, 5.41) is 15.3. The Morgan fingerprint density at radius 1 is 1.19 bits per heavy atom. The lowest BCUT2D eigenvalue weighted by Gasteiger charge is -2.17. The van der Waals surface area contributed by atoms with Crippen molar-refractivity contribution in [3.8, 4) is 0 Å². The zero-order chi connectivity index (χ0) is 15.6. The summed E-state index contributed by atoms with van der Waals surface area (Å²) in [4.78, 5) is 10.6. The number of nitro groups is 1. The Bertz CT molecular complexity index is 689. The second kappa shape index (κ2) is 6.33. The van der Waals surface area contributed by atoms with Crippen LogP contribution < -0.4 is 5.32 Å². The van der Waals surface area contributed by atoms with Crippen LogP contribution in [0.25, 0.3) is 0 Å². The highest BCUT2D eigenvalue weighted by atomic mass is 35.5. The van der Waals surface area contributed by atoms with Crippen LogP contribution in [0.3, 0.4) is 0 Å². The average Bonchev–Trinajstić information content (AvgIpc) is 2.42. The molecule has 1 N–H and O–H groups in total. The summed E-state index contributed by atoms with van der Waals surface area (Å²) in [5.74, 6) is 0. The maximum absolute atomic E-state index is 11.0. The number of aryl methyl sites for hydroxylation is 1. The van der Waals surface area contributed by atoms with Crippen LogP contribution in [0.1, 0.15) is 24.1 Å². The number of halogens is 2. The SMILES string of the molecule is Cc1ccc(C(C)Nc2ccc(Cl)cc2Cl)cc1[N+](=O)[O-]. The lowest BCUT2D eigenvalue weighted by atomic mass is 10.0. The van der Waals surface area contributed by atoms with E-state index in [1.165, 1.54) is 0 Å². The number of rotatable bonds is 4. The van der Waals surface area contributed by atoms with Gasteiger partial charge in [-0.1, -0.05) is 35.3 Å². The van der Waals surface area contributed by atoms with Crippen LogP contribution in [0.4, 0.5) is 11.4 Å². The van der Waals surface area contributed by atoms with E-state index in [1.807, 2.05) is 13.0 Å². The molecule has 0 fully saturated rings. The number of nitro benzene ring substituents is 1. The van der Waals surface area contributed by atoms with Gasteiger partial charge in [0.25, 0.3) is 5.69 Å². The molecule has 2 rings (SSSR count). The Hall–Kier alpha value is -1.78. The molecular formula is C15H14Cl2N2O2. The van der Waals surface area contributed by atoms with Gasteiger partial charge in [0.2, 0.25) is 0 Å². The number of hydrogen-bond donors (Lipinski definition) is 1. The fraction of sp³-hybridized carbons (Fsp3) is 0.200. The van der Waals surface area contributed by atoms with E-state index in [4.69, 9.17) is 23.2 Å². The van der Waals surface area contributed by atoms with Crippen molar-refractivity contribution in [2.24, 2.45) is 0 Å². The van der Waals surface area contributed by atoms with Gasteiger partial charge in [0, 0.05) is 22.7 Å². The van der Waals surface area contributed by atoms with Crippen molar-refractivity contribution in [1.82, 2.24) is 0 Å². The zero-order valence-electron chi connectivity index (χ0n) is 11.6. The highest BCUT2D eigenvalue weighted by molar-refractivity contribution is 6.36. The molecule has 1 unspecified atom stereocenters. The molecule has 0 amide bonds. The van der Waals surface area contributed by atoms with Crippen LogP contribution in [0.15, 0.2) is 36.4 Å². The molecule has 0 bridgehead atoms. The van der Waals surface area contributed by atoms with Crippen LogP contribution in [0, 0.1) is 17.0 Å². The van der Waals surface area contributed by atoms with Crippen molar-refractivity contribution in [2.45, 2.75) is 19.9 Å². The average molecular weight is 325 g/mol. The fourth-order valence-corrected chi connectivity index (χ4v) is 2.48. The van der Waals surface area contributed by atoms with Crippen LogP contribution in [0.2, 0.25) is 10.0 Å². The van der Waals surface area contributed by atoms with Gasteiger partial charge in [-0.2, -0.15) is 0 Å². The summed E-state index contributed by atoms with van der Waals surface area (Å²) in [6.07, 6.45) is 0. The van der Waals surface area contributed by atoms with Gasteiger partial charge in [0.05, 0.1) is 15.6 Å². The molecule has 4 nitrogen and oxygen atoms in total. The van der Waals surface area contributed by atoms with Gasteiger partial charge in [-0.15, -0.1) is 0 Å². The lowest BCUT2D eigenvalue weighted by Crippen LogP contribution is -2.07. The monoisotopic (exact) mass is 324 g/mol. The molecule has 0 aliphatic carbocycles. The molecule has 0 heterocycles. The smallest absolute Gasteiger partial charge is 0.272 e. The third kappa shape index (κ3) is 3.65. The third-order valence-electron chi connectivity index (χ3n) is 3.23. The summed E-state index contributed by atoms with van der Waals surface area (Å²) in [5.41, 5.74) is 2.30. The Morgan fingerprint density at radius 3 is 2.52 bits per heavy atom. The van der Waals surface area contributed by atoms with Gasteiger partial charge < -0.3 is 5.32 Å². The first-order valence-corrected chi connectivity index (χ1v) is 7.10. The highest BCUT2D eigenvalue weighted by Gasteiger charge is 2.15. The van der Waals surface area contributed by atoms with E-state index in [0.29, 0.717) is 15.6 Å². The van der Waals surface area contributed by atoms with Gasteiger partial charge in [-0.3, -0.25) is 10.1 Å². The van der Waals surface area contributed by atoms with Crippen LogP contribution in [-0.4, -0.2) is 4.92 Å². The van der Waals surface area contributed by atoms with Crippen molar-refractivity contribution < 1.29 is 4.92 Å². The molecule has 110 valence electrons. The number of nitrogens with zero attached hydrogens (tertiary/aromatic N) is 1. The first-order valence-electron chi connectivity index (χ1n) is 6.35. The van der Waals surface area contributed by atoms with Crippen LogP contribution >= 0.6 is 23.2 Å². The number of anilines is 1. The minimum absolute atomic E-state index is 0.114. The molecule has 0 aliphatic rings. The second-order valence-electron chi connectivity index (χ2n) is 4.79. The van der Waals surface area contributed by atoms with E-state index in [0.717, 1.165) is 11.3 Å². The van der Waals surface area contributed by atoms with E-state index in [1.54, 1.807) is 37.3 Å². The molecule has 0 saturated heterocycles. The summed E-state index contributed by atoms with van der Waals surface area (Å²) in [7, 11) is 0. The predicted molar refractivity (Wildman–Crippen MR) is 86.3 cm³/mol. The molecule has 0 aromatic heterocycles. The first-order chi connectivity index (χ1) is 9.88. The summed E-state index contributed by atoms with van der Waals surface area (Å²) >= 11 is 12.0. The topological polar surface area (TPSA) is 55.2 Å². The first kappa shape index (κ1) is 15.6. The van der Waals surface area contributed by atoms with Crippen molar-refractivity contribution in [1.29, 1.82) is 0 Å². The van der Waals surface area contributed by atoms with E-state index in [-0.39, 0.29) is 16.7 Å². The Morgan fingerprint density at radius 2 is 1.90 bits per heavy atom. The maximum atomic E-state index is 11.0. The molecule has 0 radical (unpaired) electrons. The lowest BCUT2D eigenvalue weighted by molar-refractivity contribution is -0.385. The van der Waals surface area contributed by atoms with Gasteiger partial charge in [-0.25, -0.2) is 0 Å². The summed E-state index contributed by atoms with van der Waals surface area (Å²) in [6, 6.07) is 10.2. The van der Waals surface area contributed by atoms with Gasteiger partial charge in [-0.05, 0) is 37.6 Å². The molecule has 0 saturated carbocycles. The maximum Gasteiger partial charge on any atom is 0.272 e. The van der Waals surface area contributed by atoms with Crippen molar-refractivity contribution >= 4 is 34.6 Å². The minimum atomic E-state index is -0.374. The molecule has 2 aromatic carbocycles. The summed E-state index contributed by atoms with van der Waals surface area (Å²) < 4.78 is 0. The standard InChI is InChI=1S/C15H14Cl2N2O2/c1-9-3-4-11(7-15(9)19(20)21)10(2)18-14-6-5-12(16)8-13(14)17/h3-8,10,18H,1-2H3. The molecule has 0 aliphatic heterocycles. The van der Waals surface area contributed by atoms with Crippen LogP contribution in [0.5, 0.6) is 0 Å². The quantitative estimate of drug-likeness (QED) is 0.606. The van der Waals surface area contributed by atoms with Crippen molar-refractivity contribution in [3.05, 3.63) is 67.7 Å². The molecule has 2 aromatic rings. The zero-order valence-corrected chi connectivity index (χ0v) is 13.1. The molecule has 6 heteroatoms. The normalized spacial score (nSPS) is 12.0. The number of nitrogens with one attached hydrogen (secondary N) is 1. The van der Waals surface area contributed by atoms with E-state index in [9.17, 15) is 10.1 Å². The van der Waals surface area contributed by atoms with Crippen molar-refractivity contribution in [2.75, 3.05) is 5.32 Å². The Balaban J connectivity index is 2.26. The Labute approximate surface area is 132 Å². The molecule has 0 spiro atoms. The highest BCUT2D eigenvalue weighted by Crippen LogP contribution is 2.30. The largest absolute Gasteiger partial charge is 0.377 e. The fourth-order valence-electron chi connectivity index (χ4n) is 2.02. The Kier molecular flexibility index (Phi) is 4.70. The molecular weight excluding hydrogens is 311 g/mol. The predicted octanol–water partition coefficient (Wildman–Crippen LogP) is 5.38. The van der Waals surface area contributed by atoms with Crippen LogP contribution in [-0.2, 0) is 0 Å². The minimum Gasteiger partial charge on any atom is -0.377 e. The van der Waals surface area contributed by atoms with Crippen molar-refractivity contribution in [3.63, 3.8) is 0 Å². The number of benzene rings is 2. The third-order valence-corrected chi connectivity index (χ3v) is 3.78.